The zero-order valence-corrected chi connectivity index (χ0v) is 13.1. The van der Waals surface area contributed by atoms with Crippen LogP contribution in [0.25, 0.3) is 5.52 Å². The Morgan fingerprint density at radius 3 is 2.70 bits per heavy atom. The predicted octanol–water partition coefficient (Wildman–Crippen LogP) is 4.33. The molecule has 0 radical (unpaired) electrons. The number of benzene rings is 1. The lowest BCUT2D eigenvalue weighted by Crippen LogP contribution is -2.00. The zero-order valence-electron chi connectivity index (χ0n) is 11.5. The Morgan fingerprint density at radius 1 is 1.20 bits per heavy atom. The Kier molecular flexibility index (Phi) is 3.49. The second-order valence-electron chi connectivity index (χ2n) is 4.98. The standard InChI is InChI=1S/C16H16BrN3/c1-11-7-14(8-12(2)16(11)17)18-9-13-10-19-20-6-4-3-5-15(13)20/h3-8,10,18H,9H2,1-2H3. The highest BCUT2D eigenvalue weighted by atomic mass is 79.9. The highest BCUT2D eigenvalue weighted by Gasteiger charge is 2.05. The molecule has 0 amide bonds. The zero-order chi connectivity index (χ0) is 14.1. The molecule has 0 unspecified atom stereocenters. The predicted molar refractivity (Wildman–Crippen MR) is 86.1 cm³/mol. The number of nitrogens with one attached hydrogen (secondary N) is 1. The molecule has 3 aromatic rings. The smallest absolute Gasteiger partial charge is 0.0711 e. The van der Waals surface area contributed by atoms with Gasteiger partial charge < -0.3 is 5.32 Å². The van der Waals surface area contributed by atoms with E-state index in [1.807, 2.05) is 29.0 Å². The van der Waals surface area contributed by atoms with Gasteiger partial charge in [-0.3, -0.25) is 0 Å². The lowest BCUT2D eigenvalue weighted by molar-refractivity contribution is 0.961. The van der Waals surface area contributed by atoms with Crippen LogP contribution in [0.5, 0.6) is 0 Å². The first kappa shape index (κ1) is 13.2. The highest BCUT2D eigenvalue weighted by molar-refractivity contribution is 9.10. The molecule has 0 aliphatic carbocycles. The minimum atomic E-state index is 0.772. The molecule has 3 rings (SSSR count). The molecule has 102 valence electrons. The van der Waals surface area contributed by atoms with Gasteiger partial charge in [0.15, 0.2) is 0 Å². The average molecular weight is 330 g/mol. The van der Waals surface area contributed by atoms with Crippen LogP contribution in [-0.4, -0.2) is 9.61 Å². The second kappa shape index (κ2) is 5.29. The van der Waals surface area contributed by atoms with Gasteiger partial charge in [-0.15, -0.1) is 0 Å². The van der Waals surface area contributed by atoms with Gasteiger partial charge in [0.25, 0.3) is 0 Å². The van der Waals surface area contributed by atoms with E-state index in [0.29, 0.717) is 0 Å². The Hall–Kier alpha value is -1.81. The molecule has 0 aliphatic rings. The molecule has 0 aliphatic heterocycles. The molecule has 2 aromatic heterocycles. The summed E-state index contributed by atoms with van der Waals surface area (Å²) in [6.45, 7) is 4.99. The summed E-state index contributed by atoms with van der Waals surface area (Å²) in [6.07, 6.45) is 3.88. The maximum Gasteiger partial charge on any atom is 0.0711 e. The van der Waals surface area contributed by atoms with Crippen LogP contribution in [-0.2, 0) is 6.54 Å². The van der Waals surface area contributed by atoms with Crippen molar-refractivity contribution in [2.75, 3.05) is 5.32 Å². The minimum absolute atomic E-state index is 0.772. The van der Waals surface area contributed by atoms with Crippen molar-refractivity contribution in [2.24, 2.45) is 0 Å². The van der Waals surface area contributed by atoms with Crippen LogP contribution in [0.15, 0.2) is 47.2 Å². The fourth-order valence-corrected chi connectivity index (χ4v) is 2.60. The lowest BCUT2D eigenvalue weighted by atomic mass is 10.1. The van der Waals surface area contributed by atoms with E-state index in [2.05, 4.69) is 58.4 Å². The molecule has 0 spiro atoms. The van der Waals surface area contributed by atoms with Crippen LogP contribution in [0, 0.1) is 13.8 Å². The number of rotatable bonds is 3. The summed E-state index contributed by atoms with van der Waals surface area (Å²) in [6, 6.07) is 10.4. The number of aromatic nitrogens is 2. The Balaban J connectivity index is 1.83. The van der Waals surface area contributed by atoms with E-state index >= 15 is 0 Å². The molecule has 20 heavy (non-hydrogen) atoms. The van der Waals surface area contributed by atoms with Gasteiger partial charge in [0, 0.05) is 28.5 Å². The SMILES string of the molecule is Cc1cc(NCc2cnn3ccccc23)cc(C)c1Br. The molecule has 1 N–H and O–H groups in total. The number of nitrogens with zero attached hydrogens (tertiary/aromatic N) is 2. The molecule has 0 fully saturated rings. The minimum Gasteiger partial charge on any atom is -0.381 e. The van der Waals surface area contributed by atoms with Gasteiger partial charge in [0.2, 0.25) is 0 Å². The first-order valence-electron chi connectivity index (χ1n) is 6.57. The van der Waals surface area contributed by atoms with E-state index in [-0.39, 0.29) is 0 Å². The Labute approximate surface area is 126 Å². The van der Waals surface area contributed by atoms with Gasteiger partial charge in [-0.2, -0.15) is 5.10 Å². The summed E-state index contributed by atoms with van der Waals surface area (Å²) in [7, 11) is 0. The maximum atomic E-state index is 4.35. The first-order valence-corrected chi connectivity index (χ1v) is 7.36. The Morgan fingerprint density at radius 2 is 1.95 bits per heavy atom. The van der Waals surface area contributed by atoms with Gasteiger partial charge in [-0.05, 0) is 49.2 Å². The summed E-state index contributed by atoms with van der Waals surface area (Å²) in [4.78, 5) is 0. The Bertz CT molecular complexity index is 738. The number of halogens is 1. The third kappa shape index (κ3) is 2.43. The fraction of sp³-hybridized carbons (Fsp3) is 0.188. The molecule has 3 nitrogen and oxygen atoms in total. The van der Waals surface area contributed by atoms with Crippen LogP contribution in [0.3, 0.4) is 0 Å². The monoisotopic (exact) mass is 329 g/mol. The largest absolute Gasteiger partial charge is 0.381 e. The van der Waals surface area contributed by atoms with Gasteiger partial charge in [-0.1, -0.05) is 22.0 Å². The molecule has 0 saturated carbocycles. The normalized spacial score (nSPS) is 10.9. The van der Waals surface area contributed by atoms with Crippen molar-refractivity contribution in [1.82, 2.24) is 9.61 Å². The van der Waals surface area contributed by atoms with Crippen LogP contribution in [0.1, 0.15) is 16.7 Å². The number of pyridine rings is 1. The third-order valence-electron chi connectivity index (χ3n) is 3.43. The second-order valence-corrected chi connectivity index (χ2v) is 5.77. The van der Waals surface area contributed by atoms with Gasteiger partial charge in [-0.25, -0.2) is 4.52 Å². The summed E-state index contributed by atoms with van der Waals surface area (Å²) < 4.78 is 3.08. The van der Waals surface area contributed by atoms with Crippen molar-refractivity contribution in [3.05, 3.63) is 63.9 Å². The molecule has 4 heteroatoms. The number of anilines is 1. The van der Waals surface area contributed by atoms with E-state index in [4.69, 9.17) is 0 Å². The van der Waals surface area contributed by atoms with E-state index < -0.39 is 0 Å². The number of fused-ring (bicyclic) bond motifs is 1. The van der Waals surface area contributed by atoms with Crippen molar-refractivity contribution in [3.63, 3.8) is 0 Å². The average Bonchev–Trinajstić information content (AvgIpc) is 2.85. The summed E-state index contributed by atoms with van der Waals surface area (Å²) in [5, 5.41) is 7.82. The van der Waals surface area contributed by atoms with Gasteiger partial charge in [0.1, 0.15) is 0 Å². The summed E-state index contributed by atoms with van der Waals surface area (Å²) in [5.41, 5.74) is 5.97. The van der Waals surface area contributed by atoms with Crippen LogP contribution in [0.4, 0.5) is 5.69 Å². The summed E-state index contributed by atoms with van der Waals surface area (Å²) in [5.74, 6) is 0. The molecule has 0 bridgehead atoms. The van der Waals surface area contributed by atoms with Crippen molar-refractivity contribution >= 4 is 27.1 Å². The molecular weight excluding hydrogens is 314 g/mol. The van der Waals surface area contributed by atoms with E-state index in [0.717, 1.165) is 17.7 Å². The molecular formula is C16H16BrN3. The van der Waals surface area contributed by atoms with Crippen molar-refractivity contribution in [1.29, 1.82) is 0 Å². The number of aryl methyl sites for hydroxylation is 2. The van der Waals surface area contributed by atoms with Crippen molar-refractivity contribution in [2.45, 2.75) is 20.4 Å². The van der Waals surface area contributed by atoms with E-state index in [1.54, 1.807) is 0 Å². The topological polar surface area (TPSA) is 29.3 Å². The number of hydrogen-bond acceptors (Lipinski definition) is 2. The van der Waals surface area contributed by atoms with Gasteiger partial charge in [0.05, 0.1) is 11.7 Å². The van der Waals surface area contributed by atoms with E-state index in [9.17, 15) is 0 Å². The summed E-state index contributed by atoms with van der Waals surface area (Å²) >= 11 is 3.59. The van der Waals surface area contributed by atoms with E-state index in [1.165, 1.54) is 21.2 Å². The lowest BCUT2D eigenvalue weighted by Gasteiger charge is -2.10. The van der Waals surface area contributed by atoms with Crippen LogP contribution in [0.2, 0.25) is 0 Å². The molecule has 1 aromatic carbocycles. The van der Waals surface area contributed by atoms with Crippen LogP contribution < -0.4 is 5.32 Å². The molecule has 2 heterocycles. The van der Waals surface area contributed by atoms with Gasteiger partial charge >= 0.3 is 0 Å². The number of hydrogen-bond donors (Lipinski definition) is 1. The molecule has 0 saturated heterocycles. The molecule has 0 atom stereocenters. The van der Waals surface area contributed by atoms with Crippen LogP contribution >= 0.6 is 15.9 Å². The fourth-order valence-electron chi connectivity index (χ4n) is 2.37. The maximum absolute atomic E-state index is 4.35. The quantitative estimate of drug-likeness (QED) is 0.775. The van der Waals surface area contributed by atoms with Crippen molar-refractivity contribution < 1.29 is 0 Å². The third-order valence-corrected chi connectivity index (χ3v) is 4.68. The highest BCUT2D eigenvalue weighted by Crippen LogP contribution is 2.25. The van der Waals surface area contributed by atoms with Crippen molar-refractivity contribution in [3.8, 4) is 0 Å². The first-order chi connectivity index (χ1) is 9.65.